The number of H-pyrrole nitrogens is 1. The zero-order chi connectivity index (χ0) is 22.0. The van der Waals surface area contributed by atoms with Crippen LogP contribution in [0.5, 0.6) is 0 Å². The molecular formula is C24H21N5OS2. The van der Waals surface area contributed by atoms with Crippen molar-refractivity contribution in [2.24, 2.45) is 0 Å². The van der Waals surface area contributed by atoms with Crippen molar-refractivity contribution >= 4 is 47.3 Å². The van der Waals surface area contributed by atoms with E-state index in [1.54, 1.807) is 18.0 Å². The predicted molar refractivity (Wildman–Crippen MR) is 131 cm³/mol. The van der Waals surface area contributed by atoms with Gasteiger partial charge in [0.05, 0.1) is 10.8 Å². The van der Waals surface area contributed by atoms with E-state index in [9.17, 15) is 4.79 Å². The summed E-state index contributed by atoms with van der Waals surface area (Å²) in [5.41, 5.74) is 2.98. The van der Waals surface area contributed by atoms with Gasteiger partial charge in [0.2, 0.25) is 11.1 Å². The van der Waals surface area contributed by atoms with Gasteiger partial charge in [-0.15, -0.1) is 16.9 Å². The van der Waals surface area contributed by atoms with Gasteiger partial charge in [-0.05, 0) is 41.5 Å². The summed E-state index contributed by atoms with van der Waals surface area (Å²) in [6, 6.07) is 23.7. The second-order valence-corrected chi connectivity index (χ2v) is 8.68. The van der Waals surface area contributed by atoms with Crippen molar-refractivity contribution in [2.75, 3.05) is 11.1 Å². The van der Waals surface area contributed by atoms with Gasteiger partial charge < -0.3 is 5.32 Å². The van der Waals surface area contributed by atoms with Crippen molar-refractivity contribution in [3.05, 3.63) is 95.9 Å². The summed E-state index contributed by atoms with van der Waals surface area (Å²) in [6.45, 7) is 0. The molecule has 0 saturated carbocycles. The van der Waals surface area contributed by atoms with Gasteiger partial charge in [-0.3, -0.25) is 9.89 Å². The second-order valence-electron chi connectivity index (χ2n) is 6.74. The van der Waals surface area contributed by atoms with E-state index in [1.165, 1.54) is 11.8 Å². The van der Waals surface area contributed by atoms with Gasteiger partial charge in [-0.1, -0.05) is 66.4 Å². The average molecular weight is 460 g/mol. The van der Waals surface area contributed by atoms with E-state index in [1.807, 2.05) is 84.9 Å². The molecule has 0 aliphatic carbocycles. The Morgan fingerprint density at radius 3 is 2.69 bits per heavy atom. The van der Waals surface area contributed by atoms with Gasteiger partial charge in [0.1, 0.15) is 5.82 Å². The molecule has 0 saturated heterocycles. The molecule has 0 fully saturated rings. The third-order valence-electron chi connectivity index (χ3n) is 4.28. The monoisotopic (exact) mass is 459 g/mol. The summed E-state index contributed by atoms with van der Waals surface area (Å²) in [6.07, 6.45) is 5.61. The quantitative estimate of drug-likeness (QED) is 0.326. The molecule has 0 spiro atoms. The van der Waals surface area contributed by atoms with Crippen molar-refractivity contribution in [3.63, 3.8) is 0 Å². The van der Waals surface area contributed by atoms with Crippen LogP contribution in [0, 0.1) is 0 Å². The molecule has 0 aliphatic heterocycles. The number of nitrogens with zero attached hydrogens (tertiary/aromatic N) is 3. The standard InChI is InChI=1S/C24H21N5OS2/c30-22(17-32-24-27-21(28-29-24)13-12-18-7-2-1-3-8-18)26-20-10-6-9-19(15-20)16-31-23-11-4-5-14-25-23/h1-15H,16-17H2,(H,26,30)(H,27,28,29)/b13-12+. The van der Waals surface area contributed by atoms with Crippen LogP contribution in [0.2, 0.25) is 0 Å². The number of hydrogen-bond donors (Lipinski definition) is 2. The zero-order valence-corrected chi connectivity index (χ0v) is 18.8. The fraction of sp³-hybridized carbons (Fsp3) is 0.0833. The fourth-order valence-corrected chi connectivity index (χ4v) is 4.20. The molecular weight excluding hydrogens is 438 g/mol. The molecule has 0 bridgehead atoms. The number of rotatable bonds is 9. The van der Waals surface area contributed by atoms with Crippen LogP contribution in [-0.2, 0) is 10.5 Å². The highest BCUT2D eigenvalue weighted by Gasteiger charge is 2.08. The molecule has 0 aliphatic rings. The number of anilines is 1. The van der Waals surface area contributed by atoms with Crippen LogP contribution >= 0.6 is 23.5 Å². The maximum absolute atomic E-state index is 12.4. The van der Waals surface area contributed by atoms with Crippen molar-refractivity contribution < 1.29 is 4.79 Å². The topological polar surface area (TPSA) is 83.6 Å². The number of thioether (sulfide) groups is 2. The minimum atomic E-state index is -0.101. The lowest BCUT2D eigenvalue weighted by molar-refractivity contribution is -0.113. The molecule has 2 heterocycles. The summed E-state index contributed by atoms with van der Waals surface area (Å²) >= 11 is 2.95. The first-order chi connectivity index (χ1) is 15.7. The van der Waals surface area contributed by atoms with Crippen LogP contribution in [0.15, 0.2) is 89.2 Å². The number of carbonyl (C=O) groups is 1. The van der Waals surface area contributed by atoms with E-state index in [0.29, 0.717) is 11.0 Å². The normalized spacial score (nSPS) is 11.0. The van der Waals surface area contributed by atoms with Crippen molar-refractivity contribution in [3.8, 4) is 0 Å². The van der Waals surface area contributed by atoms with Gasteiger partial charge in [0.15, 0.2) is 0 Å². The Balaban J connectivity index is 1.25. The van der Waals surface area contributed by atoms with Crippen LogP contribution in [-0.4, -0.2) is 31.8 Å². The van der Waals surface area contributed by atoms with E-state index in [-0.39, 0.29) is 11.7 Å². The molecule has 1 amide bonds. The van der Waals surface area contributed by atoms with Gasteiger partial charge in [0.25, 0.3) is 0 Å². The number of nitrogens with one attached hydrogen (secondary N) is 2. The second kappa shape index (κ2) is 11.3. The van der Waals surface area contributed by atoms with Crippen molar-refractivity contribution in [1.82, 2.24) is 20.2 Å². The molecule has 160 valence electrons. The van der Waals surface area contributed by atoms with E-state index < -0.39 is 0 Å². The fourth-order valence-electron chi connectivity index (χ4n) is 2.79. The van der Waals surface area contributed by atoms with E-state index in [4.69, 9.17) is 0 Å². The Labute approximate surface area is 195 Å². The van der Waals surface area contributed by atoms with Crippen LogP contribution in [0.4, 0.5) is 5.69 Å². The van der Waals surface area contributed by atoms with Crippen LogP contribution in [0.3, 0.4) is 0 Å². The Morgan fingerprint density at radius 2 is 1.84 bits per heavy atom. The largest absolute Gasteiger partial charge is 0.325 e. The lowest BCUT2D eigenvalue weighted by atomic mass is 10.2. The van der Waals surface area contributed by atoms with Crippen LogP contribution < -0.4 is 5.32 Å². The lowest BCUT2D eigenvalue weighted by Crippen LogP contribution is -2.14. The summed E-state index contributed by atoms with van der Waals surface area (Å²) in [5, 5.41) is 11.5. The van der Waals surface area contributed by atoms with Crippen LogP contribution in [0.25, 0.3) is 12.2 Å². The molecule has 4 rings (SSSR count). The molecule has 32 heavy (non-hydrogen) atoms. The molecule has 0 atom stereocenters. The molecule has 2 aromatic carbocycles. The molecule has 0 radical (unpaired) electrons. The number of pyridine rings is 1. The molecule has 2 aromatic heterocycles. The maximum atomic E-state index is 12.4. The number of hydrogen-bond acceptors (Lipinski definition) is 6. The first kappa shape index (κ1) is 21.9. The van der Waals surface area contributed by atoms with Gasteiger partial charge >= 0.3 is 0 Å². The third kappa shape index (κ3) is 6.83. The Kier molecular flexibility index (Phi) is 7.73. The molecule has 2 N–H and O–H groups in total. The predicted octanol–water partition coefficient (Wildman–Crippen LogP) is 5.39. The first-order valence-electron chi connectivity index (χ1n) is 9.95. The third-order valence-corrected chi connectivity index (χ3v) is 6.15. The molecule has 0 unspecified atom stereocenters. The van der Waals surface area contributed by atoms with Gasteiger partial charge in [-0.25, -0.2) is 9.97 Å². The number of aromatic amines is 1. The van der Waals surface area contributed by atoms with Crippen molar-refractivity contribution in [1.29, 1.82) is 0 Å². The minimum absolute atomic E-state index is 0.101. The zero-order valence-electron chi connectivity index (χ0n) is 17.1. The summed E-state index contributed by atoms with van der Waals surface area (Å²) < 4.78 is 0. The number of carbonyl (C=O) groups excluding carboxylic acids is 1. The highest BCUT2D eigenvalue weighted by molar-refractivity contribution is 7.99. The highest BCUT2D eigenvalue weighted by atomic mass is 32.2. The van der Waals surface area contributed by atoms with E-state index in [0.717, 1.165) is 27.6 Å². The minimum Gasteiger partial charge on any atom is -0.325 e. The maximum Gasteiger partial charge on any atom is 0.234 e. The summed E-state index contributed by atoms with van der Waals surface area (Å²) in [7, 11) is 0. The first-order valence-corrected chi connectivity index (χ1v) is 11.9. The van der Waals surface area contributed by atoms with Crippen LogP contribution in [0.1, 0.15) is 17.0 Å². The summed E-state index contributed by atoms with van der Waals surface area (Å²) in [4.78, 5) is 21.1. The van der Waals surface area contributed by atoms with Gasteiger partial charge in [-0.2, -0.15) is 0 Å². The Bertz CT molecular complexity index is 1180. The molecule has 6 nitrogen and oxygen atoms in total. The Hall–Kier alpha value is -3.36. The Morgan fingerprint density at radius 1 is 0.969 bits per heavy atom. The van der Waals surface area contributed by atoms with E-state index in [2.05, 4.69) is 25.5 Å². The number of benzene rings is 2. The van der Waals surface area contributed by atoms with Gasteiger partial charge in [0, 0.05) is 17.6 Å². The molecule has 8 heteroatoms. The SMILES string of the molecule is O=C(CSc1n[nH]c(/C=C/c2ccccc2)n1)Nc1cccc(CSc2ccccn2)c1. The smallest absolute Gasteiger partial charge is 0.234 e. The lowest BCUT2D eigenvalue weighted by Gasteiger charge is -2.07. The average Bonchev–Trinajstić information content (AvgIpc) is 3.30. The van der Waals surface area contributed by atoms with Crippen molar-refractivity contribution in [2.45, 2.75) is 15.9 Å². The molecule has 4 aromatic rings. The number of amides is 1. The van der Waals surface area contributed by atoms with E-state index >= 15 is 0 Å². The summed E-state index contributed by atoms with van der Waals surface area (Å²) in [5.74, 6) is 1.56. The number of aromatic nitrogens is 4. The highest BCUT2D eigenvalue weighted by Crippen LogP contribution is 2.22.